The van der Waals surface area contributed by atoms with E-state index in [1.165, 1.54) is 12.0 Å². The largest absolute Gasteiger partial charge is 0.463 e. The van der Waals surface area contributed by atoms with Crippen molar-refractivity contribution in [2.45, 2.75) is 50.7 Å². The Morgan fingerprint density at radius 2 is 2.08 bits per heavy atom. The lowest BCUT2D eigenvalue weighted by atomic mass is 9.97. The van der Waals surface area contributed by atoms with Crippen LogP contribution in [0.25, 0.3) is 0 Å². The normalized spacial score (nSPS) is 27.5. The molecule has 0 aromatic heterocycles. The molecular formula is C16H27N3O5. The molecule has 2 saturated heterocycles. The van der Waals surface area contributed by atoms with E-state index in [4.69, 9.17) is 9.47 Å². The Kier molecular flexibility index (Phi) is 6.99. The van der Waals surface area contributed by atoms with Crippen molar-refractivity contribution in [3.8, 4) is 0 Å². The molecule has 0 aromatic rings. The van der Waals surface area contributed by atoms with Crippen LogP contribution >= 0.6 is 0 Å². The second-order valence-corrected chi connectivity index (χ2v) is 6.31. The molecule has 3 atom stereocenters. The molecule has 2 N–H and O–H groups in total. The van der Waals surface area contributed by atoms with Gasteiger partial charge in [0.05, 0.1) is 19.1 Å². The van der Waals surface area contributed by atoms with Crippen molar-refractivity contribution in [3.05, 3.63) is 0 Å². The fourth-order valence-corrected chi connectivity index (χ4v) is 3.17. The van der Waals surface area contributed by atoms with Gasteiger partial charge in [0.2, 0.25) is 11.8 Å². The number of ether oxygens (including phenoxy) is 2. The predicted octanol–water partition coefficient (Wildman–Crippen LogP) is -0.576. The molecule has 8 heteroatoms. The van der Waals surface area contributed by atoms with Gasteiger partial charge in [0, 0.05) is 26.2 Å². The van der Waals surface area contributed by atoms with E-state index in [9.17, 15) is 14.4 Å². The summed E-state index contributed by atoms with van der Waals surface area (Å²) in [6.07, 6.45) is 2.64. The standard InChI is InChI=1S/C16H27N3O5/c1-11-4-3-5-12(18-11)16(22)19-7-6-17-15(21)13(19)10-14(20)24-9-8-23-2/h11-13,18H,3-10H2,1-2H3,(H,17,21). The van der Waals surface area contributed by atoms with Gasteiger partial charge in [-0.2, -0.15) is 0 Å². The topological polar surface area (TPSA) is 97.0 Å². The number of methoxy groups -OCH3 is 1. The third-order valence-electron chi connectivity index (χ3n) is 4.44. The summed E-state index contributed by atoms with van der Waals surface area (Å²) in [5, 5.41) is 6.00. The van der Waals surface area contributed by atoms with Gasteiger partial charge in [-0.05, 0) is 26.2 Å². The summed E-state index contributed by atoms with van der Waals surface area (Å²) in [5.41, 5.74) is 0. The average molecular weight is 341 g/mol. The molecule has 3 unspecified atom stereocenters. The highest BCUT2D eigenvalue weighted by Gasteiger charge is 2.38. The van der Waals surface area contributed by atoms with Gasteiger partial charge >= 0.3 is 5.97 Å². The van der Waals surface area contributed by atoms with Crippen molar-refractivity contribution in [1.29, 1.82) is 0 Å². The molecule has 0 radical (unpaired) electrons. The third kappa shape index (κ3) is 4.91. The van der Waals surface area contributed by atoms with Gasteiger partial charge < -0.3 is 25.0 Å². The summed E-state index contributed by atoms with van der Waals surface area (Å²) in [6, 6.07) is -0.809. The van der Waals surface area contributed by atoms with E-state index in [2.05, 4.69) is 10.6 Å². The number of esters is 1. The molecule has 2 heterocycles. The lowest BCUT2D eigenvalue weighted by molar-refractivity contribution is -0.153. The Morgan fingerprint density at radius 3 is 2.79 bits per heavy atom. The number of nitrogens with zero attached hydrogens (tertiary/aromatic N) is 1. The quantitative estimate of drug-likeness (QED) is 0.496. The molecular weight excluding hydrogens is 314 g/mol. The van der Waals surface area contributed by atoms with Crippen molar-refractivity contribution in [3.63, 3.8) is 0 Å². The Labute approximate surface area is 142 Å². The highest BCUT2D eigenvalue weighted by Crippen LogP contribution is 2.18. The van der Waals surface area contributed by atoms with Gasteiger partial charge in [0.25, 0.3) is 0 Å². The number of carbonyl (C=O) groups excluding carboxylic acids is 3. The Hall–Kier alpha value is -1.67. The molecule has 2 amide bonds. The molecule has 2 fully saturated rings. The zero-order valence-electron chi connectivity index (χ0n) is 14.4. The summed E-state index contributed by atoms with van der Waals surface area (Å²) >= 11 is 0. The highest BCUT2D eigenvalue weighted by molar-refractivity contribution is 5.93. The van der Waals surface area contributed by atoms with E-state index in [0.29, 0.717) is 19.7 Å². The van der Waals surface area contributed by atoms with Gasteiger partial charge in [0.1, 0.15) is 12.6 Å². The molecule has 0 aliphatic carbocycles. The van der Waals surface area contributed by atoms with Gasteiger partial charge in [-0.1, -0.05) is 0 Å². The van der Waals surface area contributed by atoms with E-state index in [1.807, 2.05) is 6.92 Å². The maximum absolute atomic E-state index is 12.8. The van der Waals surface area contributed by atoms with Crippen LogP contribution in [-0.2, 0) is 23.9 Å². The van der Waals surface area contributed by atoms with Crippen LogP contribution in [0.1, 0.15) is 32.6 Å². The first-order valence-electron chi connectivity index (χ1n) is 8.51. The van der Waals surface area contributed by atoms with Crippen LogP contribution in [-0.4, -0.2) is 74.2 Å². The fourth-order valence-electron chi connectivity index (χ4n) is 3.17. The summed E-state index contributed by atoms with van der Waals surface area (Å²) in [6.45, 7) is 3.30. The van der Waals surface area contributed by atoms with Gasteiger partial charge in [0.15, 0.2) is 0 Å². The van der Waals surface area contributed by atoms with Crippen molar-refractivity contribution in [2.75, 3.05) is 33.4 Å². The van der Waals surface area contributed by atoms with Crippen molar-refractivity contribution < 1.29 is 23.9 Å². The third-order valence-corrected chi connectivity index (χ3v) is 4.44. The Morgan fingerprint density at radius 1 is 1.29 bits per heavy atom. The highest BCUT2D eigenvalue weighted by atomic mass is 16.6. The lowest BCUT2D eigenvalue weighted by Crippen LogP contribution is -2.62. The van der Waals surface area contributed by atoms with Crippen LogP contribution in [0, 0.1) is 0 Å². The Bertz CT molecular complexity index is 471. The maximum atomic E-state index is 12.8. The van der Waals surface area contributed by atoms with Crippen LogP contribution in [0.2, 0.25) is 0 Å². The van der Waals surface area contributed by atoms with E-state index in [1.54, 1.807) is 0 Å². The van der Waals surface area contributed by atoms with Crippen LogP contribution in [0.4, 0.5) is 0 Å². The van der Waals surface area contributed by atoms with Crippen molar-refractivity contribution in [1.82, 2.24) is 15.5 Å². The lowest BCUT2D eigenvalue weighted by Gasteiger charge is -2.38. The Balaban J connectivity index is 1.98. The zero-order valence-corrected chi connectivity index (χ0v) is 14.4. The van der Waals surface area contributed by atoms with E-state index in [-0.39, 0.29) is 36.9 Å². The van der Waals surface area contributed by atoms with Crippen LogP contribution in [0.5, 0.6) is 0 Å². The summed E-state index contributed by atoms with van der Waals surface area (Å²) in [5.74, 6) is -0.912. The summed E-state index contributed by atoms with van der Waals surface area (Å²) < 4.78 is 9.85. The van der Waals surface area contributed by atoms with Crippen LogP contribution < -0.4 is 10.6 Å². The van der Waals surface area contributed by atoms with Gasteiger partial charge in [-0.25, -0.2) is 0 Å². The van der Waals surface area contributed by atoms with E-state index in [0.717, 1.165) is 19.3 Å². The molecule has 0 spiro atoms. The molecule has 0 saturated carbocycles. The number of carbonyl (C=O) groups is 3. The van der Waals surface area contributed by atoms with Gasteiger partial charge in [-0.15, -0.1) is 0 Å². The number of piperidine rings is 1. The molecule has 0 bridgehead atoms. The maximum Gasteiger partial charge on any atom is 0.308 e. The zero-order chi connectivity index (χ0) is 17.5. The summed E-state index contributed by atoms with van der Waals surface area (Å²) in [7, 11) is 1.51. The number of rotatable bonds is 6. The van der Waals surface area contributed by atoms with Crippen LogP contribution in [0.3, 0.4) is 0 Å². The first kappa shape index (κ1) is 18.7. The van der Waals surface area contributed by atoms with E-state index < -0.39 is 12.0 Å². The molecule has 2 aliphatic rings. The minimum absolute atomic E-state index is 0.105. The predicted molar refractivity (Wildman–Crippen MR) is 86.2 cm³/mol. The molecule has 24 heavy (non-hydrogen) atoms. The van der Waals surface area contributed by atoms with E-state index >= 15 is 0 Å². The first-order valence-corrected chi connectivity index (χ1v) is 8.51. The second kappa shape index (κ2) is 8.98. The number of amides is 2. The number of hydrogen-bond acceptors (Lipinski definition) is 6. The molecule has 0 aromatic carbocycles. The van der Waals surface area contributed by atoms with Crippen molar-refractivity contribution >= 4 is 17.8 Å². The van der Waals surface area contributed by atoms with Gasteiger partial charge in [-0.3, -0.25) is 14.4 Å². The average Bonchev–Trinajstić information content (AvgIpc) is 2.56. The minimum Gasteiger partial charge on any atom is -0.463 e. The SMILES string of the molecule is COCCOC(=O)CC1C(=O)NCCN1C(=O)C1CCCC(C)N1. The molecule has 8 nitrogen and oxygen atoms in total. The smallest absolute Gasteiger partial charge is 0.308 e. The first-order chi connectivity index (χ1) is 11.5. The van der Waals surface area contributed by atoms with Crippen LogP contribution in [0.15, 0.2) is 0 Å². The molecule has 136 valence electrons. The second-order valence-electron chi connectivity index (χ2n) is 6.31. The molecule has 2 aliphatic heterocycles. The molecule has 2 rings (SSSR count). The monoisotopic (exact) mass is 341 g/mol. The number of nitrogens with one attached hydrogen (secondary N) is 2. The fraction of sp³-hybridized carbons (Fsp3) is 0.812. The van der Waals surface area contributed by atoms with Crippen molar-refractivity contribution in [2.24, 2.45) is 0 Å². The minimum atomic E-state index is -0.805. The number of hydrogen-bond donors (Lipinski definition) is 2. The summed E-state index contributed by atoms with van der Waals surface area (Å²) in [4.78, 5) is 38.4. The number of piperazine rings is 1.